The third-order valence-electron chi connectivity index (χ3n) is 4.52. The Morgan fingerprint density at radius 3 is 2.71 bits per heavy atom. The highest BCUT2D eigenvalue weighted by Crippen LogP contribution is 2.32. The van der Waals surface area contributed by atoms with Crippen LogP contribution in [0.3, 0.4) is 0 Å². The fourth-order valence-electron chi connectivity index (χ4n) is 3.25. The van der Waals surface area contributed by atoms with E-state index in [1.165, 1.54) is 15.9 Å². The summed E-state index contributed by atoms with van der Waals surface area (Å²) in [5.41, 5.74) is 2.85. The molecule has 3 aromatic heterocycles. The lowest BCUT2D eigenvalue weighted by Crippen LogP contribution is -2.29. The molecule has 28 heavy (non-hydrogen) atoms. The van der Waals surface area contributed by atoms with E-state index in [1.54, 1.807) is 31.2 Å². The quantitative estimate of drug-likeness (QED) is 0.546. The maximum atomic E-state index is 13.1. The van der Waals surface area contributed by atoms with Crippen molar-refractivity contribution in [3.05, 3.63) is 62.8 Å². The second-order valence-electron chi connectivity index (χ2n) is 6.62. The Morgan fingerprint density at radius 2 is 1.96 bits per heavy atom. The van der Waals surface area contributed by atoms with E-state index in [-0.39, 0.29) is 18.0 Å². The van der Waals surface area contributed by atoms with Crippen LogP contribution in [0.25, 0.3) is 20.4 Å². The lowest BCUT2D eigenvalue weighted by Gasteiger charge is -2.11. The van der Waals surface area contributed by atoms with Gasteiger partial charge in [-0.3, -0.25) is 14.2 Å². The standard InChI is InChI=1S/C20H17ClN4O2S/c1-10-8-11(2)22-19-16(10)17-18(28-19)20(27)25(12(3)23-17)9-15(26)24-14-7-5-4-6-13(14)21/h4-8H,9H2,1-3H3,(H,24,26). The van der Waals surface area contributed by atoms with Gasteiger partial charge in [-0.2, -0.15) is 0 Å². The summed E-state index contributed by atoms with van der Waals surface area (Å²) in [5, 5.41) is 4.08. The molecule has 0 fully saturated rings. The fraction of sp³-hybridized carbons (Fsp3) is 0.200. The summed E-state index contributed by atoms with van der Waals surface area (Å²) in [7, 11) is 0. The number of halogens is 1. The molecule has 4 aromatic rings. The lowest BCUT2D eigenvalue weighted by atomic mass is 10.1. The number of carbonyl (C=O) groups is 1. The molecule has 1 N–H and O–H groups in total. The number of carbonyl (C=O) groups excluding carboxylic acids is 1. The minimum atomic E-state index is -0.342. The maximum Gasteiger partial charge on any atom is 0.272 e. The molecule has 0 saturated heterocycles. The van der Waals surface area contributed by atoms with Crippen LogP contribution >= 0.6 is 22.9 Å². The number of hydrogen-bond donors (Lipinski definition) is 1. The molecular weight excluding hydrogens is 396 g/mol. The third-order valence-corrected chi connectivity index (χ3v) is 5.91. The van der Waals surface area contributed by atoms with Gasteiger partial charge in [-0.25, -0.2) is 9.97 Å². The largest absolute Gasteiger partial charge is 0.323 e. The average molecular weight is 413 g/mol. The number of aryl methyl sites for hydroxylation is 3. The Balaban J connectivity index is 1.77. The Bertz CT molecular complexity index is 1310. The van der Waals surface area contributed by atoms with E-state index in [9.17, 15) is 9.59 Å². The van der Waals surface area contributed by atoms with Gasteiger partial charge in [0.05, 0.1) is 16.2 Å². The number of aromatic nitrogens is 3. The number of anilines is 1. The summed E-state index contributed by atoms with van der Waals surface area (Å²) in [5.74, 6) is 0.136. The molecule has 1 aromatic carbocycles. The number of benzene rings is 1. The molecule has 0 bridgehead atoms. The molecule has 142 valence electrons. The zero-order valence-electron chi connectivity index (χ0n) is 15.5. The highest BCUT2D eigenvalue weighted by atomic mass is 35.5. The van der Waals surface area contributed by atoms with Crippen LogP contribution in [0.15, 0.2) is 35.1 Å². The van der Waals surface area contributed by atoms with E-state index in [1.807, 2.05) is 19.9 Å². The molecule has 0 radical (unpaired) electrons. The monoisotopic (exact) mass is 412 g/mol. The molecule has 0 aliphatic rings. The number of rotatable bonds is 3. The van der Waals surface area contributed by atoms with Crippen molar-refractivity contribution in [2.45, 2.75) is 27.3 Å². The first-order valence-electron chi connectivity index (χ1n) is 8.67. The van der Waals surface area contributed by atoms with Gasteiger partial charge in [0.2, 0.25) is 5.91 Å². The predicted molar refractivity (Wildman–Crippen MR) is 113 cm³/mol. The van der Waals surface area contributed by atoms with Crippen molar-refractivity contribution in [2.75, 3.05) is 5.32 Å². The minimum absolute atomic E-state index is 0.140. The van der Waals surface area contributed by atoms with Gasteiger partial charge < -0.3 is 5.32 Å². The van der Waals surface area contributed by atoms with Gasteiger partial charge >= 0.3 is 0 Å². The van der Waals surface area contributed by atoms with Crippen LogP contribution in [-0.2, 0) is 11.3 Å². The van der Waals surface area contributed by atoms with Crippen molar-refractivity contribution in [1.82, 2.24) is 14.5 Å². The van der Waals surface area contributed by atoms with Crippen LogP contribution < -0.4 is 10.9 Å². The zero-order valence-corrected chi connectivity index (χ0v) is 17.1. The maximum absolute atomic E-state index is 13.1. The van der Waals surface area contributed by atoms with Crippen molar-refractivity contribution in [2.24, 2.45) is 0 Å². The van der Waals surface area contributed by atoms with E-state index in [2.05, 4.69) is 15.3 Å². The number of thiophene rings is 1. The van der Waals surface area contributed by atoms with Crippen molar-refractivity contribution < 1.29 is 4.79 Å². The highest BCUT2D eigenvalue weighted by molar-refractivity contribution is 7.25. The summed E-state index contributed by atoms with van der Waals surface area (Å²) in [6.07, 6.45) is 0. The summed E-state index contributed by atoms with van der Waals surface area (Å²) in [6, 6.07) is 8.94. The second-order valence-corrected chi connectivity index (χ2v) is 8.03. The van der Waals surface area contributed by atoms with E-state index in [0.29, 0.717) is 26.8 Å². The number of hydrogen-bond acceptors (Lipinski definition) is 5. The Hall–Kier alpha value is -2.77. The number of nitrogens with one attached hydrogen (secondary N) is 1. The van der Waals surface area contributed by atoms with Gasteiger partial charge in [0.25, 0.3) is 5.56 Å². The SMILES string of the molecule is Cc1cc(C)c2c(n1)sc1c(=O)n(CC(=O)Nc3ccccc3Cl)c(C)nc12. The molecule has 3 heterocycles. The van der Waals surface area contributed by atoms with Crippen LogP contribution in [0.4, 0.5) is 5.69 Å². The van der Waals surface area contributed by atoms with Gasteiger partial charge in [-0.15, -0.1) is 11.3 Å². The summed E-state index contributed by atoms with van der Waals surface area (Å²) >= 11 is 7.40. The molecule has 4 rings (SSSR count). The molecule has 0 unspecified atom stereocenters. The normalized spacial score (nSPS) is 11.3. The van der Waals surface area contributed by atoms with Crippen LogP contribution in [0.2, 0.25) is 5.02 Å². The molecule has 8 heteroatoms. The van der Waals surface area contributed by atoms with Crippen molar-refractivity contribution >= 4 is 55.0 Å². The molecular formula is C20H17ClN4O2S. The number of pyridine rings is 1. The van der Waals surface area contributed by atoms with E-state index in [4.69, 9.17) is 11.6 Å². The van der Waals surface area contributed by atoms with E-state index >= 15 is 0 Å². The van der Waals surface area contributed by atoms with Gasteiger partial charge in [-0.1, -0.05) is 23.7 Å². The molecule has 6 nitrogen and oxygen atoms in total. The molecule has 0 atom stereocenters. The highest BCUT2D eigenvalue weighted by Gasteiger charge is 2.18. The van der Waals surface area contributed by atoms with Gasteiger partial charge in [-0.05, 0) is 44.5 Å². The minimum Gasteiger partial charge on any atom is -0.323 e. The number of fused-ring (bicyclic) bond motifs is 3. The average Bonchev–Trinajstić information content (AvgIpc) is 2.99. The van der Waals surface area contributed by atoms with Gasteiger partial charge in [0, 0.05) is 11.1 Å². The first-order chi connectivity index (χ1) is 13.3. The topological polar surface area (TPSA) is 76.9 Å². The summed E-state index contributed by atoms with van der Waals surface area (Å²) in [4.78, 5) is 35.5. The Labute approximate surface area is 169 Å². The van der Waals surface area contributed by atoms with Gasteiger partial charge in [0.15, 0.2) is 0 Å². The second kappa shape index (κ2) is 7.00. The molecule has 0 aliphatic heterocycles. The van der Waals surface area contributed by atoms with Crippen LogP contribution in [0.5, 0.6) is 0 Å². The van der Waals surface area contributed by atoms with Crippen molar-refractivity contribution in [3.63, 3.8) is 0 Å². The number of nitrogens with zero attached hydrogens (tertiary/aromatic N) is 3. The van der Waals surface area contributed by atoms with E-state index in [0.717, 1.165) is 21.5 Å². The summed E-state index contributed by atoms with van der Waals surface area (Å²) in [6.45, 7) is 5.50. The zero-order chi connectivity index (χ0) is 20.0. The van der Waals surface area contributed by atoms with Gasteiger partial charge in [0.1, 0.15) is 21.9 Å². The molecule has 0 spiro atoms. The lowest BCUT2D eigenvalue weighted by molar-refractivity contribution is -0.116. The first kappa shape index (κ1) is 18.6. The number of para-hydroxylation sites is 1. The molecule has 0 aliphatic carbocycles. The third kappa shape index (κ3) is 3.16. The van der Waals surface area contributed by atoms with Crippen LogP contribution in [0.1, 0.15) is 17.1 Å². The molecule has 1 amide bonds. The molecule has 0 saturated carbocycles. The predicted octanol–water partition coefficient (Wildman–Crippen LogP) is 4.22. The number of amides is 1. The van der Waals surface area contributed by atoms with Crippen molar-refractivity contribution in [1.29, 1.82) is 0 Å². The summed E-state index contributed by atoms with van der Waals surface area (Å²) < 4.78 is 1.89. The van der Waals surface area contributed by atoms with Crippen LogP contribution in [-0.4, -0.2) is 20.4 Å². The Morgan fingerprint density at radius 1 is 1.21 bits per heavy atom. The smallest absolute Gasteiger partial charge is 0.272 e. The van der Waals surface area contributed by atoms with E-state index < -0.39 is 0 Å². The fourth-order valence-corrected chi connectivity index (χ4v) is 4.62. The van der Waals surface area contributed by atoms with Crippen LogP contribution in [0, 0.1) is 20.8 Å². The first-order valence-corrected chi connectivity index (χ1v) is 9.87. The Kier molecular flexibility index (Phi) is 4.64. The van der Waals surface area contributed by atoms with Crippen molar-refractivity contribution in [3.8, 4) is 0 Å².